The molecule has 2 rings (SSSR count). The molecule has 0 saturated heterocycles. The molecule has 0 aromatic heterocycles. The summed E-state index contributed by atoms with van der Waals surface area (Å²) in [6, 6.07) is 9.45. The lowest BCUT2D eigenvalue weighted by molar-refractivity contribution is 0.320. The molecule has 0 heterocycles. The van der Waals surface area contributed by atoms with Gasteiger partial charge in [-0.05, 0) is 49.4 Å². The lowest BCUT2D eigenvalue weighted by Crippen LogP contribution is -2.38. The van der Waals surface area contributed by atoms with Gasteiger partial charge in [0.1, 0.15) is 0 Å². The van der Waals surface area contributed by atoms with Crippen molar-refractivity contribution in [3.05, 3.63) is 34.3 Å². The number of nitrogens with one attached hydrogen (secondary N) is 1. The Morgan fingerprint density at radius 1 is 1.44 bits per heavy atom. The minimum atomic E-state index is 0.717. The molecule has 1 aromatic carbocycles. The molecular formula is C14H20BrN. The van der Waals surface area contributed by atoms with E-state index < -0.39 is 0 Å². The SMILES string of the molecule is CC(CNC1CCC1)Cc1cccc(Br)c1. The highest BCUT2D eigenvalue weighted by atomic mass is 79.9. The molecule has 1 unspecified atom stereocenters. The number of benzene rings is 1. The van der Waals surface area contributed by atoms with E-state index in [1.165, 1.54) is 35.7 Å². The van der Waals surface area contributed by atoms with E-state index in [1.807, 2.05) is 0 Å². The van der Waals surface area contributed by atoms with Crippen LogP contribution in [0, 0.1) is 5.92 Å². The number of halogens is 1. The van der Waals surface area contributed by atoms with Gasteiger partial charge in [-0.1, -0.05) is 41.4 Å². The van der Waals surface area contributed by atoms with Crippen LogP contribution in [0.2, 0.25) is 0 Å². The van der Waals surface area contributed by atoms with Crippen LogP contribution in [0.4, 0.5) is 0 Å². The first-order chi connectivity index (χ1) is 7.74. The number of rotatable bonds is 5. The Morgan fingerprint density at radius 3 is 2.88 bits per heavy atom. The standard InChI is InChI=1S/C14H20BrN/c1-11(10-16-14-6-3-7-14)8-12-4-2-5-13(15)9-12/h2,4-5,9,11,14,16H,3,6-8,10H2,1H3. The lowest BCUT2D eigenvalue weighted by atomic mass is 9.92. The molecule has 88 valence electrons. The normalized spacial score (nSPS) is 18.1. The smallest absolute Gasteiger partial charge is 0.0177 e. The van der Waals surface area contributed by atoms with Crippen molar-refractivity contribution in [1.29, 1.82) is 0 Å². The Balaban J connectivity index is 1.75. The van der Waals surface area contributed by atoms with Crippen molar-refractivity contribution in [2.75, 3.05) is 6.54 Å². The maximum Gasteiger partial charge on any atom is 0.0177 e. The van der Waals surface area contributed by atoms with E-state index in [9.17, 15) is 0 Å². The molecular weight excluding hydrogens is 262 g/mol. The van der Waals surface area contributed by atoms with Gasteiger partial charge >= 0.3 is 0 Å². The minimum absolute atomic E-state index is 0.717. The van der Waals surface area contributed by atoms with E-state index >= 15 is 0 Å². The van der Waals surface area contributed by atoms with Crippen LogP contribution in [-0.2, 0) is 6.42 Å². The fourth-order valence-electron chi connectivity index (χ4n) is 2.12. The van der Waals surface area contributed by atoms with E-state index in [1.54, 1.807) is 0 Å². The van der Waals surface area contributed by atoms with Gasteiger partial charge in [0.25, 0.3) is 0 Å². The minimum Gasteiger partial charge on any atom is -0.314 e. The maximum absolute atomic E-state index is 3.64. The number of hydrogen-bond donors (Lipinski definition) is 1. The first-order valence-corrected chi connectivity index (χ1v) is 7.01. The van der Waals surface area contributed by atoms with Gasteiger partial charge in [0, 0.05) is 10.5 Å². The molecule has 0 bridgehead atoms. The summed E-state index contributed by atoms with van der Waals surface area (Å²) in [5.74, 6) is 0.717. The van der Waals surface area contributed by atoms with Crippen LogP contribution < -0.4 is 5.32 Å². The molecule has 1 N–H and O–H groups in total. The van der Waals surface area contributed by atoms with Crippen molar-refractivity contribution in [1.82, 2.24) is 5.32 Å². The van der Waals surface area contributed by atoms with E-state index in [0.717, 1.165) is 18.5 Å². The summed E-state index contributed by atoms with van der Waals surface area (Å²) in [5.41, 5.74) is 1.43. The molecule has 0 aliphatic heterocycles. The molecule has 0 spiro atoms. The first-order valence-electron chi connectivity index (χ1n) is 6.22. The van der Waals surface area contributed by atoms with Crippen molar-refractivity contribution in [2.24, 2.45) is 5.92 Å². The van der Waals surface area contributed by atoms with Gasteiger partial charge in [-0.15, -0.1) is 0 Å². The lowest BCUT2D eigenvalue weighted by Gasteiger charge is -2.28. The zero-order valence-corrected chi connectivity index (χ0v) is 11.5. The fourth-order valence-corrected chi connectivity index (χ4v) is 2.57. The second-order valence-corrected chi connectivity index (χ2v) is 5.89. The zero-order chi connectivity index (χ0) is 11.4. The molecule has 2 heteroatoms. The largest absolute Gasteiger partial charge is 0.314 e. The van der Waals surface area contributed by atoms with Crippen molar-refractivity contribution in [3.8, 4) is 0 Å². The third kappa shape index (κ3) is 3.60. The summed E-state index contributed by atoms with van der Waals surface area (Å²) >= 11 is 3.52. The summed E-state index contributed by atoms with van der Waals surface area (Å²) in [6.45, 7) is 3.48. The number of hydrogen-bond acceptors (Lipinski definition) is 1. The van der Waals surface area contributed by atoms with Crippen molar-refractivity contribution >= 4 is 15.9 Å². The van der Waals surface area contributed by atoms with Gasteiger partial charge in [0.2, 0.25) is 0 Å². The molecule has 1 aliphatic carbocycles. The average molecular weight is 282 g/mol. The zero-order valence-electron chi connectivity index (χ0n) is 9.88. The van der Waals surface area contributed by atoms with Gasteiger partial charge in [-0.25, -0.2) is 0 Å². The van der Waals surface area contributed by atoms with Gasteiger partial charge in [0.15, 0.2) is 0 Å². The van der Waals surface area contributed by atoms with Crippen molar-refractivity contribution in [2.45, 2.75) is 38.6 Å². The fraction of sp³-hybridized carbons (Fsp3) is 0.571. The van der Waals surface area contributed by atoms with Crippen molar-refractivity contribution < 1.29 is 0 Å². The Morgan fingerprint density at radius 2 is 2.25 bits per heavy atom. The van der Waals surface area contributed by atoms with E-state index in [4.69, 9.17) is 0 Å². The van der Waals surface area contributed by atoms with Crippen LogP contribution in [0.1, 0.15) is 31.7 Å². The highest BCUT2D eigenvalue weighted by Gasteiger charge is 2.17. The van der Waals surface area contributed by atoms with Crippen LogP contribution in [0.15, 0.2) is 28.7 Å². The Labute approximate surface area is 107 Å². The molecule has 1 fully saturated rings. The van der Waals surface area contributed by atoms with Gasteiger partial charge in [0.05, 0.1) is 0 Å². The molecule has 1 nitrogen and oxygen atoms in total. The van der Waals surface area contributed by atoms with Crippen LogP contribution >= 0.6 is 15.9 Å². The Bertz CT molecular complexity index is 333. The van der Waals surface area contributed by atoms with Gasteiger partial charge in [-0.3, -0.25) is 0 Å². The van der Waals surface area contributed by atoms with Gasteiger partial charge < -0.3 is 5.32 Å². The van der Waals surface area contributed by atoms with Crippen LogP contribution in [0.5, 0.6) is 0 Å². The summed E-state index contributed by atoms with van der Waals surface area (Å²) < 4.78 is 1.18. The first kappa shape index (κ1) is 12.1. The van der Waals surface area contributed by atoms with E-state index in [-0.39, 0.29) is 0 Å². The molecule has 1 saturated carbocycles. The summed E-state index contributed by atoms with van der Waals surface area (Å²) in [4.78, 5) is 0. The van der Waals surface area contributed by atoms with Crippen molar-refractivity contribution in [3.63, 3.8) is 0 Å². The molecule has 1 aromatic rings. The topological polar surface area (TPSA) is 12.0 Å². The predicted octanol–water partition coefficient (Wildman–Crippen LogP) is 3.77. The van der Waals surface area contributed by atoms with E-state index in [0.29, 0.717) is 0 Å². The summed E-state index contributed by atoms with van der Waals surface area (Å²) in [5, 5.41) is 3.64. The highest BCUT2D eigenvalue weighted by molar-refractivity contribution is 9.10. The molecule has 0 radical (unpaired) electrons. The van der Waals surface area contributed by atoms with Crippen LogP contribution in [-0.4, -0.2) is 12.6 Å². The Hall–Kier alpha value is -0.340. The summed E-state index contributed by atoms with van der Waals surface area (Å²) in [7, 11) is 0. The third-order valence-corrected chi connectivity index (χ3v) is 3.83. The molecule has 0 amide bonds. The highest BCUT2D eigenvalue weighted by Crippen LogP contribution is 2.19. The second-order valence-electron chi connectivity index (χ2n) is 4.98. The van der Waals surface area contributed by atoms with Gasteiger partial charge in [-0.2, -0.15) is 0 Å². The molecule has 1 atom stereocenters. The summed E-state index contributed by atoms with van der Waals surface area (Å²) in [6.07, 6.45) is 5.34. The average Bonchev–Trinajstić information content (AvgIpc) is 2.15. The molecule has 1 aliphatic rings. The maximum atomic E-state index is 3.64. The molecule has 16 heavy (non-hydrogen) atoms. The second kappa shape index (κ2) is 5.83. The monoisotopic (exact) mass is 281 g/mol. The van der Waals surface area contributed by atoms with E-state index in [2.05, 4.69) is 52.4 Å². The Kier molecular flexibility index (Phi) is 4.42. The van der Waals surface area contributed by atoms with Crippen LogP contribution in [0.25, 0.3) is 0 Å². The third-order valence-electron chi connectivity index (χ3n) is 3.33. The quantitative estimate of drug-likeness (QED) is 0.867. The van der Waals surface area contributed by atoms with Crippen LogP contribution in [0.3, 0.4) is 0 Å². The predicted molar refractivity (Wildman–Crippen MR) is 72.7 cm³/mol.